The number of phenols is 1. The number of nitrogens with one attached hydrogen (secondary N) is 1. The van der Waals surface area contributed by atoms with Crippen molar-refractivity contribution >= 4 is 49.4 Å². The molecular weight excluding hydrogens is 580 g/mol. The molecule has 216 valence electrons. The first-order valence-corrected chi connectivity index (χ1v) is 14.2. The molecule has 0 aliphatic rings. The molecule has 1 aromatic heterocycles. The molecule has 0 bridgehead atoms. The summed E-state index contributed by atoms with van der Waals surface area (Å²) in [6, 6.07) is 18.2. The highest BCUT2D eigenvalue weighted by Gasteiger charge is 2.15. The number of pyridine rings is 1. The fourth-order valence-electron chi connectivity index (χ4n) is 3.52. The van der Waals surface area contributed by atoms with Crippen LogP contribution in [0.2, 0.25) is 0 Å². The first-order chi connectivity index (χ1) is 19.7. The van der Waals surface area contributed by atoms with Crippen LogP contribution >= 0.6 is 0 Å². The van der Waals surface area contributed by atoms with Crippen LogP contribution in [-0.4, -0.2) is 45.7 Å². The molecule has 4 N–H and O–H groups in total. The van der Waals surface area contributed by atoms with Crippen molar-refractivity contribution in [3.63, 3.8) is 0 Å². The van der Waals surface area contributed by atoms with Crippen LogP contribution in [0.25, 0.3) is 10.8 Å². The van der Waals surface area contributed by atoms with Crippen molar-refractivity contribution in [3.05, 3.63) is 84.1 Å². The summed E-state index contributed by atoms with van der Waals surface area (Å²) in [4.78, 5) is 14.1. The van der Waals surface area contributed by atoms with E-state index in [1.165, 1.54) is 24.3 Å². The van der Waals surface area contributed by atoms with Crippen LogP contribution in [0.4, 0.5) is 17.2 Å². The van der Waals surface area contributed by atoms with Gasteiger partial charge in [0.15, 0.2) is 11.1 Å². The second kappa shape index (κ2) is 14.2. The van der Waals surface area contributed by atoms with Crippen molar-refractivity contribution in [1.82, 2.24) is 4.98 Å². The number of aromatic nitrogens is 1. The number of hydrogen-bond donors (Lipinski definition) is 4. The first kappa shape index (κ1) is 30.1. The first-order valence-electron chi connectivity index (χ1n) is 11.7. The lowest BCUT2D eigenvalue weighted by Gasteiger charge is -2.12. The molecule has 0 amide bonds. The number of anilines is 1. The Labute approximate surface area is 236 Å². The van der Waals surface area contributed by atoms with Gasteiger partial charge < -0.3 is 5.11 Å². The van der Waals surface area contributed by atoms with E-state index in [9.17, 15) is 17.7 Å². The van der Waals surface area contributed by atoms with E-state index in [1.54, 1.807) is 48.7 Å². The summed E-state index contributed by atoms with van der Waals surface area (Å²) in [7, 11) is -4.61. The van der Waals surface area contributed by atoms with Crippen LogP contribution in [0.1, 0.15) is 11.1 Å². The number of nitrogens with zero attached hydrogens (tertiary/aromatic N) is 3. The Bertz CT molecular complexity index is 1640. The average molecular weight is 605 g/mol. The number of fused-ring (bicyclic) bond motifs is 1. The van der Waals surface area contributed by atoms with Crippen molar-refractivity contribution < 1.29 is 45.6 Å². The summed E-state index contributed by atoms with van der Waals surface area (Å²) in [5.74, 6) is 0.324. The van der Waals surface area contributed by atoms with Crippen LogP contribution < -0.4 is 5.48 Å². The number of rotatable bonds is 14. The second-order valence-corrected chi connectivity index (χ2v) is 10.4. The molecule has 1 atom stereocenters. The quantitative estimate of drug-likeness (QED) is 0.0507. The molecular formula is C25H24N4O10S2. The van der Waals surface area contributed by atoms with E-state index < -0.39 is 28.1 Å². The summed E-state index contributed by atoms with van der Waals surface area (Å²) in [6.45, 7) is -0.932. The highest BCUT2D eigenvalue weighted by molar-refractivity contribution is 7.81. The highest BCUT2D eigenvalue weighted by atomic mass is 32.3. The molecule has 41 heavy (non-hydrogen) atoms. The molecule has 0 fully saturated rings. The fraction of sp³-hybridized carbons (Fsp3) is 0.160. The summed E-state index contributed by atoms with van der Waals surface area (Å²) in [5, 5.41) is 29.6. The Balaban J connectivity index is 1.52. The zero-order valence-corrected chi connectivity index (χ0v) is 22.7. The summed E-state index contributed by atoms with van der Waals surface area (Å²) >= 11 is -1.93. The largest absolute Gasteiger partial charge is 0.505 e. The third-order valence-electron chi connectivity index (χ3n) is 5.33. The Morgan fingerprint density at radius 3 is 2.49 bits per heavy atom. The maximum atomic E-state index is 12.2. The average Bonchev–Trinajstić information content (AvgIpc) is 2.96. The molecule has 0 spiro atoms. The maximum Gasteiger partial charge on any atom is 0.397 e. The van der Waals surface area contributed by atoms with Gasteiger partial charge in [-0.2, -0.15) is 13.5 Å². The minimum atomic E-state index is -4.61. The molecule has 0 aliphatic heterocycles. The molecule has 1 unspecified atom stereocenters. The van der Waals surface area contributed by atoms with E-state index in [0.29, 0.717) is 33.4 Å². The van der Waals surface area contributed by atoms with Crippen molar-refractivity contribution in [2.75, 3.05) is 18.7 Å². The van der Waals surface area contributed by atoms with E-state index in [2.05, 4.69) is 29.8 Å². The maximum absolute atomic E-state index is 12.2. The van der Waals surface area contributed by atoms with E-state index in [1.807, 2.05) is 0 Å². The van der Waals surface area contributed by atoms with Crippen LogP contribution in [0, 0.1) is 0 Å². The second-order valence-electron chi connectivity index (χ2n) is 8.17. The number of aromatic hydroxyl groups is 1. The van der Waals surface area contributed by atoms with E-state index in [-0.39, 0.29) is 36.2 Å². The van der Waals surface area contributed by atoms with E-state index >= 15 is 0 Å². The van der Waals surface area contributed by atoms with Gasteiger partial charge in [0.2, 0.25) is 0 Å². The fourth-order valence-corrected chi connectivity index (χ4v) is 4.51. The molecule has 0 radical (unpaired) electrons. The van der Waals surface area contributed by atoms with Crippen LogP contribution in [0.5, 0.6) is 5.75 Å². The van der Waals surface area contributed by atoms with Crippen LogP contribution in [-0.2, 0) is 52.8 Å². The Morgan fingerprint density at radius 2 is 1.78 bits per heavy atom. The van der Waals surface area contributed by atoms with Crippen molar-refractivity contribution in [3.8, 4) is 5.75 Å². The minimum Gasteiger partial charge on any atom is -0.505 e. The van der Waals surface area contributed by atoms with Gasteiger partial charge in [-0.1, -0.05) is 18.2 Å². The molecule has 16 heteroatoms. The topological polar surface area (TPSA) is 198 Å². The third-order valence-corrected chi connectivity index (χ3v) is 6.83. The zero-order chi connectivity index (χ0) is 29.2. The van der Waals surface area contributed by atoms with Gasteiger partial charge in [0.05, 0.1) is 23.8 Å². The molecule has 0 saturated carbocycles. The third kappa shape index (κ3) is 8.81. The van der Waals surface area contributed by atoms with Gasteiger partial charge in [-0.3, -0.25) is 18.8 Å². The molecule has 4 aromatic rings. The lowest BCUT2D eigenvalue weighted by atomic mass is 10.0. The van der Waals surface area contributed by atoms with Crippen molar-refractivity contribution in [2.24, 2.45) is 10.2 Å². The van der Waals surface area contributed by atoms with E-state index in [0.717, 1.165) is 0 Å². The van der Waals surface area contributed by atoms with Gasteiger partial charge in [-0.25, -0.2) is 23.7 Å². The highest BCUT2D eigenvalue weighted by Crippen LogP contribution is 2.40. The summed E-state index contributed by atoms with van der Waals surface area (Å²) in [6.07, 6.45) is 1.60. The summed E-state index contributed by atoms with van der Waals surface area (Å²) < 4.78 is 50.9. The molecule has 1 heterocycles. The minimum absolute atomic E-state index is 0.0360. The van der Waals surface area contributed by atoms with Crippen LogP contribution in [0.15, 0.2) is 88.1 Å². The predicted molar refractivity (Wildman–Crippen MR) is 146 cm³/mol. The molecule has 4 rings (SSSR count). The van der Waals surface area contributed by atoms with Gasteiger partial charge >= 0.3 is 10.4 Å². The number of benzene rings is 3. The number of phenolic OH excluding ortho intramolecular Hbond substituents is 1. The molecule has 0 aliphatic carbocycles. The van der Waals surface area contributed by atoms with Crippen molar-refractivity contribution in [2.45, 2.75) is 18.1 Å². The number of hydrogen-bond acceptors (Lipinski definition) is 13. The van der Waals surface area contributed by atoms with Crippen molar-refractivity contribution in [1.29, 1.82) is 0 Å². The monoisotopic (exact) mass is 604 g/mol. The summed E-state index contributed by atoms with van der Waals surface area (Å²) in [5.41, 5.74) is 4.33. The van der Waals surface area contributed by atoms with Gasteiger partial charge in [0.25, 0.3) is 0 Å². The number of azo groups is 1. The normalized spacial score (nSPS) is 12.6. The van der Waals surface area contributed by atoms with Gasteiger partial charge in [0, 0.05) is 17.1 Å². The molecule has 3 aromatic carbocycles. The van der Waals surface area contributed by atoms with Gasteiger partial charge in [0.1, 0.15) is 30.5 Å². The Hall–Kier alpha value is -3.87. The van der Waals surface area contributed by atoms with Gasteiger partial charge in [-0.15, -0.1) is 5.11 Å². The molecule has 0 saturated heterocycles. The van der Waals surface area contributed by atoms with E-state index in [4.69, 9.17) is 18.8 Å². The predicted octanol–water partition coefficient (Wildman–Crippen LogP) is 4.75. The Morgan fingerprint density at radius 1 is 0.976 bits per heavy atom. The zero-order valence-electron chi connectivity index (χ0n) is 21.1. The molecule has 14 nitrogen and oxygen atoms in total. The van der Waals surface area contributed by atoms with Gasteiger partial charge in [-0.05, 0) is 59.5 Å². The lowest BCUT2D eigenvalue weighted by molar-refractivity contribution is -0.252. The van der Waals surface area contributed by atoms with Crippen LogP contribution in [0.3, 0.4) is 0 Å². The standard InChI is InChI=1S/C25H24N4O10S2/c30-25-19(16-36-29-23-3-1-2-10-26-23)14-18-13-17(15-37-31)4-9-22(18)24(25)28-27-20-5-7-21(8-6-20)40(32)38-11-12-39-41(33,34)35/h1-10,13-14,30-31H,11-12,15-16H2,(H,26,29)(H,33,34,35). The SMILES string of the molecule is O=S(OCCOS(=O)(=O)O)c1ccc(N=Nc2c(O)c(CONc3ccccn3)cc3cc(COO)ccc23)cc1. The smallest absolute Gasteiger partial charge is 0.397 e. The lowest BCUT2D eigenvalue weighted by Crippen LogP contribution is -2.11. The Kier molecular flexibility index (Phi) is 10.4.